The molecule has 3 aromatic heterocycles. The minimum atomic E-state index is -4.79. The van der Waals surface area contributed by atoms with Crippen molar-refractivity contribution in [2.24, 2.45) is 0 Å². The van der Waals surface area contributed by atoms with Crippen molar-refractivity contribution in [3.05, 3.63) is 88.9 Å². The Morgan fingerprint density at radius 1 is 0.847 bits per heavy atom. The van der Waals surface area contributed by atoms with Gasteiger partial charge < -0.3 is 20.4 Å². The maximum Gasteiger partial charge on any atom is 0.434 e. The van der Waals surface area contributed by atoms with Gasteiger partial charge in [-0.3, -0.25) is 24.7 Å². The van der Waals surface area contributed by atoms with Crippen LogP contribution in [0.4, 0.5) is 51.2 Å². The predicted molar refractivity (Wildman–Crippen MR) is 207 cm³/mol. The van der Waals surface area contributed by atoms with E-state index < -0.39 is 35.3 Å². The Hall–Kier alpha value is -6.42. The molecule has 59 heavy (non-hydrogen) atoms. The number of imide groups is 1. The number of hydrogen-bond acceptors (Lipinski definition) is 12. The quantitative estimate of drug-likeness (QED) is 0.162. The lowest BCUT2D eigenvalue weighted by molar-refractivity contribution is -0.141. The highest BCUT2D eigenvalue weighted by molar-refractivity contribution is 6.05. The number of nitrogens with one attached hydrogen (secondary N) is 3. The number of nitriles is 1. The molecule has 306 valence electrons. The molecule has 15 nitrogen and oxygen atoms in total. The topological polar surface area (TPSA) is 176 Å². The summed E-state index contributed by atoms with van der Waals surface area (Å²) < 4.78 is 55.9. The monoisotopic (exact) mass is 812 g/mol. The molecule has 1 aliphatic carbocycles. The number of alkyl halides is 3. The number of rotatable bonds is 8. The normalized spacial score (nSPS) is 20.1. The highest BCUT2D eigenvalue weighted by Crippen LogP contribution is 2.34. The van der Waals surface area contributed by atoms with Crippen LogP contribution in [0.3, 0.4) is 0 Å². The van der Waals surface area contributed by atoms with Crippen molar-refractivity contribution in [1.29, 1.82) is 5.26 Å². The first kappa shape index (κ1) is 39.4. The van der Waals surface area contributed by atoms with E-state index in [-0.39, 0.29) is 48.7 Å². The van der Waals surface area contributed by atoms with Gasteiger partial charge in [0.05, 0.1) is 23.4 Å². The van der Waals surface area contributed by atoms with Crippen molar-refractivity contribution in [3.63, 3.8) is 0 Å². The Bertz CT molecular complexity index is 2290. The van der Waals surface area contributed by atoms with Crippen LogP contribution in [0, 0.1) is 17.3 Å². The second-order valence-corrected chi connectivity index (χ2v) is 14.9. The molecule has 2 saturated heterocycles. The van der Waals surface area contributed by atoms with Crippen LogP contribution in [0.25, 0.3) is 0 Å². The number of nitrogens with zero attached hydrogens (tertiary/aromatic N) is 9. The maximum atomic E-state index is 15.3. The van der Waals surface area contributed by atoms with E-state index in [1.165, 1.54) is 30.6 Å². The van der Waals surface area contributed by atoms with Crippen molar-refractivity contribution in [2.75, 3.05) is 59.3 Å². The van der Waals surface area contributed by atoms with Gasteiger partial charge in [0, 0.05) is 74.7 Å². The van der Waals surface area contributed by atoms with E-state index in [9.17, 15) is 27.6 Å². The molecule has 4 amide bonds. The van der Waals surface area contributed by atoms with E-state index in [0.717, 1.165) is 69.3 Å². The van der Waals surface area contributed by atoms with Crippen LogP contribution in [0.2, 0.25) is 0 Å². The van der Waals surface area contributed by atoms with Gasteiger partial charge in [0.2, 0.25) is 11.9 Å². The van der Waals surface area contributed by atoms with Crippen LogP contribution in [-0.2, 0) is 23.9 Å². The van der Waals surface area contributed by atoms with Gasteiger partial charge in [0.15, 0.2) is 5.69 Å². The van der Waals surface area contributed by atoms with Crippen LogP contribution in [0.15, 0.2) is 54.9 Å². The SMILES string of the molecule is N#Cc1ccc(N2CCc3c(ncnc3Nc3ccc(C(=O)NC4CCC(N5CCN(c6ccc(N7CCC(=O)NC7=O)cc6)CC5)CC4)c(F)n3)C2)nc1C(F)(F)F. The first-order valence-electron chi connectivity index (χ1n) is 19.4. The van der Waals surface area contributed by atoms with Crippen molar-refractivity contribution >= 4 is 46.7 Å². The molecule has 3 N–H and O–H groups in total. The van der Waals surface area contributed by atoms with Gasteiger partial charge in [-0.05, 0) is 80.6 Å². The Labute approximate surface area is 336 Å². The number of halogens is 4. The summed E-state index contributed by atoms with van der Waals surface area (Å²) in [5.41, 5.74) is 1.07. The van der Waals surface area contributed by atoms with Gasteiger partial charge in [0.1, 0.15) is 29.9 Å². The van der Waals surface area contributed by atoms with Gasteiger partial charge in [-0.2, -0.15) is 22.8 Å². The zero-order valence-corrected chi connectivity index (χ0v) is 31.8. The minimum absolute atomic E-state index is 0.0592. The minimum Gasteiger partial charge on any atom is -0.369 e. The number of carbonyl (C=O) groups excluding carboxylic acids is 3. The number of amides is 4. The molecule has 8 rings (SSSR count). The number of piperazine rings is 1. The summed E-state index contributed by atoms with van der Waals surface area (Å²) in [6, 6.07) is 14.6. The number of aromatic nitrogens is 4. The molecule has 6 heterocycles. The van der Waals surface area contributed by atoms with Gasteiger partial charge >= 0.3 is 12.2 Å². The third-order valence-electron chi connectivity index (χ3n) is 11.4. The van der Waals surface area contributed by atoms with E-state index >= 15 is 4.39 Å². The largest absolute Gasteiger partial charge is 0.434 e. The molecule has 4 aromatic rings. The van der Waals surface area contributed by atoms with E-state index in [1.807, 2.05) is 24.3 Å². The third kappa shape index (κ3) is 8.58. The lowest BCUT2D eigenvalue weighted by atomic mass is 9.89. The van der Waals surface area contributed by atoms with Gasteiger partial charge in [-0.25, -0.2) is 24.7 Å². The first-order valence-corrected chi connectivity index (χ1v) is 19.4. The molecule has 4 aliphatic rings. The number of urea groups is 1. The number of carbonyl (C=O) groups is 3. The Kier molecular flexibility index (Phi) is 11.0. The zero-order valence-electron chi connectivity index (χ0n) is 31.8. The zero-order chi connectivity index (χ0) is 41.3. The summed E-state index contributed by atoms with van der Waals surface area (Å²) in [7, 11) is 0. The average molecular weight is 813 g/mol. The molecule has 0 unspecified atom stereocenters. The second kappa shape index (κ2) is 16.4. The van der Waals surface area contributed by atoms with Crippen molar-refractivity contribution in [2.45, 2.75) is 63.3 Å². The Morgan fingerprint density at radius 2 is 1.59 bits per heavy atom. The van der Waals surface area contributed by atoms with Gasteiger partial charge in [0.25, 0.3) is 5.91 Å². The number of benzene rings is 1. The first-order chi connectivity index (χ1) is 28.4. The molecule has 1 aromatic carbocycles. The van der Waals surface area contributed by atoms with E-state index in [2.05, 4.69) is 45.7 Å². The molecular weight excluding hydrogens is 773 g/mol. The Morgan fingerprint density at radius 3 is 2.29 bits per heavy atom. The average Bonchev–Trinajstić information content (AvgIpc) is 3.23. The van der Waals surface area contributed by atoms with Gasteiger partial charge in [-0.1, -0.05) is 0 Å². The molecule has 0 spiro atoms. The second-order valence-electron chi connectivity index (χ2n) is 14.9. The molecule has 3 aliphatic heterocycles. The third-order valence-corrected chi connectivity index (χ3v) is 11.4. The number of hydrogen-bond donors (Lipinski definition) is 3. The summed E-state index contributed by atoms with van der Waals surface area (Å²) in [6.45, 7) is 4.29. The summed E-state index contributed by atoms with van der Waals surface area (Å²) in [4.78, 5) is 61.2. The fourth-order valence-corrected chi connectivity index (χ4v) is 8.23. The van der Waals surface area contributed by atoms with E-state index in [1.54, 1.807) is 9.80 Å². The highest BCUT2D eigenvalue weighted by atomic mass is 19.4. The Balaban J connectivity index is 0.809. The fraction of sp³-hybridized carbons (Fsp3) is 0.400. The van der Waals surface area contributed by atoms with E-state index in [4.69, 9.17) is 5.26 Å². The molecule has 0 radical (unpaired) electrons. The molecular formula is C40H40F4N12O3. The van der Waals surface area contributed by atoms with Gasteiger partial charge in [-0.15, -0.1) is 0 Å². The van der Waals surface area contributed by atoms with Crippen molar-refractivity contribution < 1.29 is 31.9 Å². The van der Waals surface area contributed by atoms with Crippen LogP contribution in [-0.4, -0.2) is 94.0 Å². The van der Waals surface area contributed by atoms with Crippen molar-refractivity contribution in [1.82, 2.24) is 35.5 Å². The van der Waals surface area contributed by atoms with Crippen LogP contribution in [0.5, 0.6) is 0 Å². The van der Waals surface area contributed by atoms with Crippen molar-refractivity contribution in [3.8, 4) is 6.07 Å². The van der Waals surface area contributed by atoms with Crippen LogP contribution >= 0.6 is 0 Å². The van der Waals surface area contributed by atoms with Crippen LogP contribution < -0.4 is 30.7 Å². The summed E-state index contributed by atoms with van der Waals surface area (Å²) in [5, 5.41) is 17.5. The van der Waals surface area contributed by atoms with Crippen LogP contribution in [0.1, 0.15) is 65.0 Å². The lowest BCUT2D eigenvalue weighted by Crippen LogP contribution is -2.52. The smallest absolute Gasteiger partial charge is 0.369 e. The number of fused-ring (bicyclic) bond motifs is 1. The molecule has 3 fully saturated rings. The number of anilines is 5. The lowest BCUT2D eigenvalue weighted by Gasteiger charge is -2.42. The standard InChI is InChI=1S/C40H40F4N12O3/c41-36-30(10-11-32(49-36)50-37-29-13-15-55(22-31(29)46-23-47-37)33-12-1-24(21-45)35(51-33)40(42,43)44)38(58)48-25-2-4-26(5-3-25)53-17-19-54(20-18-53)27-6-8-28(9-7-27)56-16-14-34(57)52-39(56)59/h1,6-12,23,25-26H,2-5,13-20,22H2,(H,48,58)(H,52,57,59)(H,46,47,49,50). The predicted octanol–water partition coefficient (Wildman–Crippen LogP) is 4.91. The fourth-order valence-electron chi connectivity index (χ4n) is 8.23. The highest BCUT2D eigenvalue weighted by Gasteiger charge is 2.37. The molecule has 0 atom stereocenters. The maximum absolute atomic E-state index is 15.3. The van der Waals surface area contributed by atoms with E-state index in [0.29, 0.717) is 36.1 Å². The summed E-state index contributed by atoms with van der Waals surface area (Å²) in [6.07, 6.45) is 0.465. The number of pyridine rings is 2. The molecule has 1 saturated carbocycles. The molecule has 0 bridgehead atoms. The summed E-state index contributed by atoms with van der Waals surface area (Å²) >= 11 is 0. The summed E-state index contributed by atoms with van der Waals surface area (Å²) in [5.74, 6) is -1.20. The molecule has 19 heteroatoms.